The molecule has 60 heavy (non-hydrogen) atoms. The Morgan fingerprint density at radius 1 is 0.700 bits per heavy atom. The molecule has 0 saturated carbocycles. The minimum absolute atomic E-state index is 0.144. The van der Waals surface area contributed by atoms with Gasteiger partial charge in [-0.3, -0.25) is 34.2 Å². The monoisotopic (exact) mass is 804 g/mol. The molecule has 0 radical (unpaired) electrons. The highest BCUT2D eigenvalue weighted by Gasteiger charge is 2.38. The number of primary amides is 1. The van der Waals surface area contributed by atoms with Crippen LogP contribution in [0.4, 0.5) is 28.4 Å². The summed E-state index contributed by atoms with van der Waals surface area (Å²) < 4.78 is 24.4. The molecule has 0 bridgehead atoms. The third kappa shape index (κ3) is 7.16. The zero-order valence-electron chi connectivity index (χ0n) is 33.6. The maximum Gasteiger partial charge on any atom is 0.261 e. The lowest BCUT2D eigenvalue weighted by Gasteiger charge is -2.23. The predicted molar refractivity (Wildman–Crippen MR) is 231 cm³/mol. The molecule has 4 heterocycles. The minimum atomic E-state index is -0.350. The Balaban J connectivity index is 0.973. The van der Waals surface area contributed by atoms with Crippen LogP contribution in [0.15, 0.2) is 101 Å². The summed E-state index contributed by atoms with van der Waals surface area (Å²) in [5.41, 5.74) is 13.9. The maximum absolute atomic E-state index is 14.0. The summed E-state index contributed by atoms with van der Waals surface area (Å²) in [6, 6.07) is 28.4. The quantitative estimate of drug-likeness (QED) is 0.132. The highest BCUT2D eigenvalue weighted by molar-refractivity contribution is 6.15. The van der Waals surface area contributed by atoms with Crippen molar-refractivity contribution in [3.8, 4) is 23.0 Å². The number of methoxy groups -OCH3 is 2. The van der Waals surface area contributed by atoms with Crippen LogP contribution >= 0.6 is 0 Å². The molecule has 0 unspecified atom stereocenters. The van der Waals surface area contributed by atoms with Crippen LogP contribution in [0.2, 0.25) is 0 Å². The Kier molecular flexibility index (Phi) is 10.2. The molecule has 5 aromatic rings. The van der Waals surface area contributed by atoms with Gasteiger partial charge in [-0.05, 0) is 71.1 Å². The molecule has 3 amide bonds. The number of carbonyl (C=O) groups is 3. The van der Waals surface area contributed by atoms with Gasteiger partial charge < -0.3 is 29.6 Å². The number of aliphatic imine (C=N–C) groups is 2. The molecule has 2 N–H and O–H groups in total. The maximum atomic E-state index is 14.0. The van der Waals surface area contributed by atoms with Crippen molar-refractivity contribution in [3.63, 3.8) is 0 Å². The van der Waals surface area contributed by atoms with E-state index in [0.717, 1.165) is 39.3 Å². The summed E-state index contributed by atoms with van der Waals surface area (Å²) in [4.78, 5) is 54.6. The van der Waals surface area contributed by atoms with Crippen LogP contribution in [-0.4, -0.2) is 70.0 Å². The van der Waals surface area contributed by atoms with E-state index in [2.05, 4.69) is 4.90 Å². The molecule has 13 heteroatoms. The van der Waals surface area contributed by atoms with E-state index in [4.69, 9.17) is 34.7 Å². The van der Waals surface area contributed by atoms with Crippen LogP contribution < -0.4 is 39.4 Å². The first-order valence-electron chi connectivity index (χ1n) is 19.9. The molecule has 2 atom stereocenters. The molecule has 0 aromatic heterocycles. The molecule has 13 nitrogen and oxygen atoms in total. The topological polar surface area (TPSA) is 149 Å². The third-order valence-electron chi connectivity index (χ3n) is 11.4. The zero-order valence-corrected chi connectivity index (χ0v) is 33.6. The second kappa shape index (κ2) is 15.9. The molecule has 0 aliphatic carbocycles. The van der Waals surface area contributed by atoms with Gasteiger partial charge in [0, 0.05) is 74.5 Å². The van der Waals surface area contributed by atoms with Gasteiger partial charge in [0.1, 0.15) is 13.2 Å². The number of hydrogen-bond acceptors (Lipinski definition) is 10. The lowest BCUT2D eigenvalue weighted by Crippen LogP contribution is -2.37. The van der Waals surface area contributed by atoms with Gasteiger partial charge in [0.25, 0.3) is 11.8 Å². The number of amides is 3. The largest absolute Gasteiger partial charge is 0.493 e. The van der Waals surface area contributed by atoms with Crippen molar-refractivity contribution in [1.29, 1.82) is 0 Å². The van der Waals surface area contributed by atoms with Gasteiger partial charge in [-0.2, -0.15) is 0 Å². The van der Waals surface area contributed by atoms with Crippen LogP contribution in [0.5, 0.6) is 23.0 Å². The fourth-order valence-corrected chi connectivity index (χ4v) is 8.45. The predicted octanol–water partition coefficient (Wildman–Crippen LogP) is 7.14. The number of anilines is 3. The van der Waals surface area contributed by atoms with Crippen molar-refractivity contribution in [1.82, 2.24) is 0 Å². The smallest absolute Gasteiger partial charge is 0.261 e. The first-order chi connectivity index (χ1) is 29.2. The Bertz CT molecular complexity index is 2440. The van der Waals surface area contributed by atoms with Crippen molar-refractivity contribution in [2.24, 2.45) is 15.7 Å². The molecular formula is C47H44N6O7. The van der Waals surface area contributed by atoms with Gasteiger partial charge in [0.2, 0.25) is 5.91 Å². The highest BCUT2D eigenvalue weighted by Crippen LogP contribution is 2.43. The lowest BCUT2D eigenvalue weighted by atomic mass is 10.1. The van der Waals surface area contributed by atoms with Gasteiger partial charge in [0.15, 0.2) is 23.0 Å². The van der Waals surface area contributed by atoms with Gasteiger partial charge in [0.05, 0.1) is 48.8 Å². The zero-order chi connectivity index (χ0) is 41.5. The van der Waals surface area contributed by atoms with Crippen LogP contribution in [0.25, 0.3) is 0 Å². The van der Waals surface area contributed by atoms with Crippen LogP contribution in [-0.2, 0) is 30.8 Å². The lowest BCUT2D eigenvalue weighted by molar-refractivity contribution is -0.118. The van der Waals surface area contributed by atoms with Crippen LogP contribution in [0.3, 0.4) is 0 Å². The van der Waals surface area contributed by atoms with E-state index in [-0.39, 0.29) is 49.4 Å². The van der Waals surface area contributed by atoms with Gasteiger partial charge in [-0.1, -0.05) is 36.4 Å². The van der Waals surface area contributed by atoms with E-state index >= 15 is 0 Å². The highest BCUT2D eigenvalue weighted by atomic mass is 16.5. The summed E-state index contributed by atoms with van der Waals surface area (Å²) in [7, 11) is 5.04. The first kappa shape index (κ1) is 38.4. The van der Waals surface area contributed by atoms with Crippen molar-refractivity contribution < 1.29 is 33.3 Å². The van der Waals surface area contributed by atoms with E-state index in [0.29, 0.717) is 71.3 Å². The van der Waals surface area contributed by atoms with Crippen molar-refractivity contribution in [2.75, 3.05) is 42.5 Å². The number of rotatable bonds is 13. The summed E-state index contributed by atoms with van der Waals surface area (Å²) >= 11 is 0. The van der Waals surface area contributed by atoms with Crippen molar-refractivity contribution in [3.05, 3.63) is 124 Å². The fraction of sp³-hybridized carbons (Fsp3) is 0.255. The molecular weight excluding hydrogens is 761 g/mol. The van der Waals surface area contributed by atoms with E-state index in [9.17, 15) is 14.4 Å². The summed E-state index contributed by atoms with van der Waals surface area (Å²) in [6.45, 7) is 0.906. The molecule has 0 spiro atoms. The minimum Gasteiger partial charge on any atom is -0.493 e. The molecule has 4 aliphatic heterocycles. The number of nitrogens with zero attached hydrogens (tertiary/aromatic N) is 5. The van der Waals surface area contributed by atoms with Crippen LogP contribution in [0, 0.1) is 0 Å². The van der Waals surface area contributed by atoms with Gasteiger partial charge in [-0.15, -0.1) is 0 Å². The SMILES string of the molecule is COc1cc2c(cc1OCc1cc(COc3cc4c(cc3OC)C(=O)N3c5ccccc5C[C@H]3C=N4)cc(N(C)CCCC(N)=O)c1)N=C[C@@H]1Cc3ccccc3N1C2=O. The average Bonchev–Trinajstić information content (AvgIpc) is 3.75. The van der Waals surface area contributed by atoms with Crippen LogP contribution in [0.1, 0.15) is 55.8 Å². The van der Waals surface area contributed by atoms with E-state index in [1.165, 1.54) is 0 Å². The second-order valence-electron chi connectivity index (χ2n) is 15.3. The fourth-order valence-electron chi connectivity index (χ4n) is 8.45. The number of benzene rings is 5. The Morgan fingerprint density at radius 3 is 1.65 bits per heavy atom. The Morgan fingerprint density at radius 2 is 1.18 bits per heavy atom. The number of fused-ring (bicyclic) bond motifs is 8. The molecule has 304 valence electrons. The normalized spacial score (nSPS) is 16.8. The molecule has 0 saturated heterocycles. The number of nitrogens with two attached hydrogens (primary N) is 1. The van der Waals surface area contributed by atoms with E-state index in [1.807, 2.05) is 86.2 Å². The summed E-state index contributed by atoms with van der Waals surface area (Å²) in [6.07, 6.45) is 5.90. The Hall–Kier alpha value is -7.15. The van der Waals surface area contributed by atoms with Gasteiger partial charge in [-0.25, -0.2) is 0 Å². The van der Waals surface area contributed by atoms with Crippen molar-refractivity contribution in [2.45, 2.75) is 51.0 Å². The average molecular weight is 805 g/mol. The molecule has 4 aliphatic rings. The number of ether oxygens (including phenoxy) is 4. The molecule has 9 rings (SSSR count). The number of hydrogen-bond donors (Lipinski definition) is 1. The third-order valence-corrected chi connectivity index (χ3v) is 11.4. The number of para-hydroxylation sites is 2. The molecule has 0 fully saturated rings. The standard InChI is InChI=1S/C47H44N6O7/c1-51(14-8-13-45(48)54)32-16-28(26-59-43-22-37-35(20-41(43)57-2)46(55)52-33(24-49-37)18-30-9-4-6-11-39(30)52)15-29(17-32)27-60-44-23-38-36(21-42(44)58-3)47(56)53-34(25-50-38)19-31-10-5-7-12-40(31)53/h4-7,9-12,15-17,20-25,33-34H,8,13-14,18-19,26-27H2,1-3H3,(H2,48,54)/t33-,34-/m0/s1. The van der Waals surface area contributed by atoms with Crippen molar-refractivity contribution >= 4 is 58.6 Å². The number of carbonyl (C=O) groups excluding carboxylic acids is 3. The van der Waals surface area contributed by atoms with Gasteiger partial charge >= 0.3 is 0 Å². The summed E-state index contributed by atoms with van der Waals surface area (Å²) in [5.74, 6) is 1.06. The second-order valence-corrected chi connectivity index (χ2v) is 15.3. The first-order valence-corrected chi connectivity index (χ1v) is 19.9. The Labute approximate surface area is 347 Å². The summed E-state index contributed by atoms with van der Waals surface area (Å²) in [5, 5.41) is 0. The molecule has 5 aromatic carbocycles. The van der Waals surface area contributed by atoms with E-state index < -0.39 is 0 Å². The van der Waals surface area contributed by atoms with E-state index in [1.54, 1.807) is 48.3 Å².